The van der Waals surface area contributed by atoms with Crippen LogP contribution in [-0.2, 0) is 16.1 Å². The zero-order chi connectivity index (χ0) is 18.9. The smallest absolute Gasteiger partial charge is 0.236 e. The number of nitrogens with zero attached hydrogens (tertiary/aromatic N) is 1. The Hall–Kier alpha value is -2.28. The molecule has 0 saturated carbocycles. The van der Waals surface area contributed by atoms with Gasteiger partial charge >= 0.3 is 0 Å². The molecule has 0 saturated heterocycles. The fourth-order valence-corrected chi connectivity index (χ4v) is 2.68. The lowest BCUT2D eigenvalue weighted by Gasteiger charge is -2.24. The number of nitrogens with two attached hydrogens (primary N) is 1. The number of nitrogens with one attached hydrogen (secondary N) is 2. The molecule has 8 heteroatoms. The molecule has 0 heterocycles. The van der Waals surface area contributed by atoms with Crippen molar-refractivity contribution in [3.63, 3.8) is 0 Å². The van der Waals surface area contributed by atoms with Gasteiger partial charge in [0.05, 0.1) is 6.54 Å². The normalized spacial score (nSPS) is 10.8. The maximum Gasteiger partial charge on any atom is 0.236 e. The number of amides is 2. The minimum Gasteiger partial charge on any atom is -0.368 e. The summed E-state index contributed by atoms with van der Waals surface area (Å²) < 4.78 is 0. The van der Waals surface area contributed by atoms with E-state index in [0.717, 1.165) is 11.3 Å². The predicted octanol–water partition coefficient (Wildman–Crippen LogP) is 2.82. The first-order valence-corrected chi connectivity index (χ1v) is 8.62. The van der Waals surface area contributed by atoms with Gasteiger partial charge in [0.2, 0.25) is 11.8 Å². The van der Waals surface area contributed by atoms with Crippen LogP contribution in [0.2, 0.25) is 0 Å². The standard InChI is InChI=1S/C20H26N4O2.2ClH/c1-15(12-22-2)20(26)23-17-9-6-10-18(11-17)24(14-19(21)25)13-16-7-4-3-5-8-16;;/h3-11,15,22H,12-14H2,1-2H3,(H2,21,25)(H,23,26);2*1H. The van der Waals surface area contributed by atoms with E-state index in [0.29, 0.717) is 18.8 Å². The maximum atomic E-state index is 12.2. The minimum atomic E-state index is -0.405. The van der Waals surface area contributed by atoms with Gasteiger partial charge in [-0.25, -0.2) is 0 Å². The average Bonchev–Trinajstić information content (AvgIpc) is 2.62. The summed E-state index contributed by atoms with van der Waals surface area (Å²) >= 11 is 0. The lowest BCUT2D eigenvalue weighted by atomic mass is 10.1. The van der Waals surface area contributed by atoms with Crippen molar-refractivity contribution in [1.29, 1.82) is 0 Å². The number of halogens is 2. The predicted molar refractivity (Wildman–Crippen MR) is 119 cm³/mol. The molecule has 0 aliphatic heterocycles. The first-order chi connectivity index (χ1) is 12.5. The third kappa shape index (κ3) is 8.17. The van der Waals surface area contributed by atoms with Gasteiger partial charge in [-0.3, -0.25) is 9.59 Å². The second-order valence-electron chi connectivity index (χ2n) is 6.31. The first-order valence-electron chi connectivity index (χ1n) is 8.62. The molecule has 0 aliphatic rings. The summed E-state index contributed by atoms with van der Waals surface area (Å²) in [5.41, 5.74) is 8.01. The van der Waals surface area contributed by atoms with E-state index in [4.69, 9.17) is 5.73 Å². The van der Waals surface area contributed by atoms with Crippen LogP contribution in [0.1, 0.15) is 12.5 Å². The molecule has 0 radical (unpaired) electrons. The van der Waals surface area contributed by atoms with Crippen LogP contribution in [0, 0.1) is 5.92 Å². The van der Waals surface area contributed by atoms with E-state index < -0.39 is 5.91 Å². The fraction of sp³-hybridized carbons (Fsp3) is 0.300. The van der Waals surface area contributed by atoms with E-state index in [1.165, 1.54) is 0 Å². The van der Waals surface area contributed by atoms with Crippen molar-refractivity contribution in [3.8, 4) is 0 Å². The van der Waals surface area contributed by atoms with Gasteiger partial charge in [0, 0.05) is 30.4 Å². The number of rotatable bonds is 9. The van der Waals surface area contributed by atoms with Crippen LogP contribution in [-0.4, -0.2) is 32.0 Å². The van der Waals surface area contributed by atoms with Crippen molar-refractivity contribution >= 4 is 48.0 Å². The highest BCUT2D eigenvalue weighted by Gasteiger charge is 2.14. The van der Waals surface area contributed by atoms with Gasteiger partial charge in [-0.2, -0.15) is 0 Å². The highest BCUT2D eigenvalue weighted by atomic mass is 35.5. The summed E-state index contributed by atoms with van der Waals surface area (Å²) in [5.74, 6) is -0.603. The van der Waals surface area contributed by atoms with Gasteiger partial charge in [-0.15, -0.1) is 24.8 Å². The van der Waals surface area contributed by atoms with Crippen molar-refractivity contribution in [2.75, 3.05) is 30.4 Å². The average molecular weight is 427 g/mol. The van der Waals surface area contributed by atoms with Crippen molar-refractivity contribution in [2.45, 2.75) is 13.5 Å². The molecule has 0 aliphatic carbocycles. The van der Waals surface area contributed by atoms with Crippen LogP contribution in [0.15, 0.2) is 54.6 Å². The molecule has 4 N–H and O–H groups in total. The zero-order valence-electron chi connectivity index (χ0n) is 16.1. The topological polar surface area (TPSA) is 87.5 Å². The fourth-order valence-electron chi connectivity index (χ4n) is 2.68. The Balaban J connectivity index is 0.00000364. The Labute approximate surface area is 178 Å². The largest absolute Gasteiger partial charge is 0.368 e. The molecule has 0 aromatic heterocycles. The lowest BCUT2D eigenvalue weighted by molar-refractivity contribution is -0.119. The van der Waals surface area contributed by atoms with Crippen LogP contribution >= 0.6 is 24.8 Å². The van der Waals surface area contributed by atoms with Gasteiger partial charge in [0.15, 0.2) is 0 Å². The van der Waals surface area contributed by atoms with E-state index >= 15 is 0 Å². The molecular formula is C20H28Cl2N4O2. The number of carbonyl (C=O) groups excluding carboxylic acids is 2. The monoisotopic (exact) mass is 426 g/mol. The summed E-state index contributed by atoms with van der Waals surface area (Å²) in [6.07, 6.45) is 0. The van der Waals surface area contributed by atoms with E-state index in [-0.39, 0.29) is 43.2 Å². The van der Waals surface area contributed by atoms with Crippen LogP contribution in [0.25, 0.3) is 0 Å². The first kappa shape index (κ1) is 25.7. The third-order valence-electron chi connectivity index (χ3n) is 4.00. The molecular weight excluding hydrogens is 399 g/mol. The summed E-state index contributed by atoms with van der Waals surface area (Å²) in [5, 5.41) is 5.91. The van der Waals surface area contributed by atoms with Crippen molar-refractivity contribution in [3.05, 3.63) is 60.2 Å². The summed E-state index contributed by atoms with van der Waals surface area (Å²) in [4.78, 5) is 25.6. The van der Waals surface area contributed by atoms with E-state index in [9.17, 15) is 9.59 Å². The number of carbonyl (C=O) groups is 2. The number of hydrogen-bond acceptors (Lipinski definition) is 4. The number of benzene rings is 2. The Kier molecular flexibility index (Phi) is 11.9. The Bertz CT molecular complexity index is 744. The summed E-state index contributed by atoms with van der Waals surface area (Å²) in [7, 11) is 1.82. The molecule has 28 heavy (non-hydrogen) atoms. The van der Waals surface area contributed by atoms with Crippen molar-refractivity contribution < 1.29 is 9.59 Å². The molecule has 0 bridgehead atoms. The van der Waals surface area contributed by atoms with Crippen LogP contribution in [0.4, 0.5) is 11.4 Å². The summed E-state index contributed by atoms with van der Waals surface area (Å²) in [6, 6.07) is 17.3. The molecule has 154 valence electrons. The van der Waals surface area contributed by atoms with Crippen LogP contribution in [0.3, 0.4) is 0 Å². The summed E-state index contributed by atoms with van der Waals surface area (Å²) in [6.45, 7) is 3.12. The third-order valence-corrected chi connectivity index (χ3v) is 4.00. The Morgan fingerprint density at radius 3 is 2.36 bits per heavy atom. The molecule has 1 atom stereocenters. The molecule has 2 aromatic rings. The van der Waals surface area contributed by atoms with Crippen molar-refractivity contribution in [1.82, 2.24) is 5.32 Å². The van der Waals surface area contributed by atoms with Gasteiger partial charge < -0.3 is 21.3 Å². The zero-order valence-corrected chi connectivity index (χ0v) is 17.7. The second-order valence-corrected chi connectivity index (χ2v) is 6.31. The van der Waals surface area contributed by atoms with E-state index in [2.05, 4.69) is 10.6 Å². The Morgan fingerprint density at radius 2 is 1.75 bits per heavy atom. The second kappa shape index (κ2) is 13.0. The van der Waals surface area contributed by atoms with Gasteiger partial charge in [-0.05, 0) is 30.8 Å². The number of anilines is 2. The van der Waals surface area contributed by atoms with Gasteiger partial charge in [-0.1, -0.05) is 43.3 Å². The van der Waals surface area contributed by atoms with E-state index in [1.54, 1.807) is 0 Å². The highest BCUT2D eigenvalue weighted by molar-refractivity contribution is 5.93. The minimum absolute atomic E-state index is 0. The molecule has 0 fully saturated rings. The van der Waals surface area contributed by atoms with E-state index in [1.807, 2.05) is 73.5 Å². The molecule has 1 unspecified atom stereocenters. The van der Waals surface area contributed by atoms with Gasteiger partial charge in [0.25, 0.3) is 0 Å². The molecule has 2 aromatic carbocycles. The van der Waals surface area contributed by atoms with Crippen LogP contribution < -0.4 is 21.3 Å². The maximum absolute atomic E-state index is 12.2. The van der Waals surface area contributed by atoms with Gasteiger partial charge in [0.1, 0.15) is 0 Å². The van der Waals surface area contributed by atoms with Crippen molar-refractivity contribution in [2.24, 2.45) is 11.7 Å². The highest BCUT2D eigenvalue weighted by Crippen LogP contribution is 2.22. The molecule has 2 amide bonds. The SMILES string of the molecule is CNCC(C)C(=O)Nc1cccc(N(CC(N)=O)Cc2ccccc2)c1.Cl.Cl. The van der Waals surface area contributed by atoms with Crippen LogP contribution in [0.5, 0.6) is 0 Å². The molecule has 0 spiro atoms. The Morgan fingerprint density at radius 1 is 1.07 bits per heavy atom. The lowest BCUT2D eigenvalue weighted by Crippen LogP contribution is -2.33. The number of hydrogen-bond donors (Lipinski definition) is 3. The quantitative estimate of drug-likeness (QED) is 0.575. The molecule has 2 rings (SSSR count). The number of primary amides is 1. The molecule has 6 nitrogen and oxygen atoms in total.